The summed E-state index contributed by atoms with van der Waals surface area (Å²) in [5, 5.41) is 0. The second-order valence-electron chi connectivity index (χ2n) is 9.45. The van der Waals surface area contributed by atoms with Gasteiger partial charge in [-0.2, -0.15) is 0 Å². The number of ether oxygens (including phenoxy) is 1. The molecule has 30 heavy (non-hydrogen) atoms. The van der Waals surface area contributed by atoms with Crippen molar-refractivity contribution in [3.05, 3.63) is 45.9 Å². The van der Waals surface area contributed by atoms with Crippen molar-refractivity contribution in [2.75, 3.05) is 13.2 Å². The van der Waals surface area contributed by atoms with Gasteiger partial charge in [0.2, 0.25) is 0 Å². The van der Waals surface area contributed by atoms with Crippen LogP contribution >= 0.6 is 0 Å². The zero-order chi connectivity index (χ0) is 21.4. The second-order valence-corrected chi connectivity index (χ2v) is 9.45. The third-order valence-corrected chi connectivity index (χ3v) is 7.41. The van der Waals surface area contributed by atoms with Gasteiger partial charge in [-0.15, -0.1) is 0 Å². The summed E-state index contributed by atoms with van der Waals surface area (Å²) in [5.41, 5.74) is 13.4. The first-order chi connectivity index (χ1) is 14.4. The monoisotopic (exact) mass is 408 g/mol. The summed E-state index contributed by atoms with van der Waals surface area (Å²) in [5.74, 6) is 0.975. The fourth-order valence-electron chi connectivity index (χ4n) is 5.43. The highest BCUT2D eigenvalue weighted by molar-refractivity contribution is 5.87. The van der Waals surface area contributed by atoms with Crippen molar-refractivity contribution in [1.82, 2.24) is 4.57 Å². The van der Waals surface area contributed by atoms with Crippen molar-refractivity contribution in [2.45, 2.75) is 77.7 Å². The fourth-order valence-corrected chi connectivity index (χ4v) is 5.43. The van der Waals surface area contributed by atoms with Gasteiger partial charge in [-0.25, -0.2) is 0 Å². The highest BCUT2D eigenvalue weighted by atomic mass is 16.5. The minimum absolute atomic E-state index is 0.0578. The van der Waals surface area contributed by atoms with Crippen molar-refractivity contribution in [1.29, 1.82) is 0 Å². The normalized spacial score (nSPS) is 26.9. The van der Waals surface area contributed by atoms with Gasteiger partial charge in [0.1, 0.15) is 5.78 Å². The lowest BCUT2D eigenvalue weighted by Crippen LogP contribution is -2.27. The highest BCUT2D eigenvalue weighted by Gasteiger charge is 2.37. The van der Waals surface area contributed by atoms with Gasteiger partial charge in [0.05, 0.1) is 0 Å². The molecule has 0 amide bonds. The minimum atomic E-state index is -0.0578. The van der Waals surface area contributed by atoms with Gasteiger partial charge in [-0.3, -0.25) is 4.79 Å². The van der Waals surface area contributed by atoms with Crippen LogP contribution in [0.15, 0.2) is 23.4 Å². The Morgan fingerprint density at radius 2 is 1.90 bits per heavy atom. The smallest absolute Gasteiger partial charge is 0.140 e. The molecule has 2 heterocycles. The van der Waals surface area contributed by atoms with Crippen molar-refractivity contribution in [3.8, 4) is 0 Å². The number of aromatic nitrogens is 1. The van der Waals surface area contributed by atoms with E-state index in [1.165, 1.54) is 22.5 Å². The number of allylic oxidation sites excluding steroid dienone is 4. The van der Waals surface area contributed by atoms with E-state index >= 15 is 0 Å². The quantitative estimate of drug-likeness (QED) is 0.679. The van der Waals surface area contributed by atoms with Crippen molar-refractivity contribution in [2.24, 2.45) is 11.7 Å². The Balaban J connectivity index is 1.70. The first kappa shape index (κ1) is 21.2. The van der Waals surface area contributed by atoms with Crippen molar-refractivity contribution < 1.29 is 9.53 Å². The lowest BCUT2D eigenvalue weighted by molar-refractivity contribution is -0.122. The molecule has 2 aliphatic carbocycles. The minimum Gasteiger partial charge on any atom is -0.402 e. The van der Waals surface area contributed by atoms with Crippen LogP contribution in [-0.4, -0.2) is 23.6 Å². The zero-order valence-electron chi connectivity index (χ0n) is 18.9. The Morgan fingerprint density at radius 1 is 1.17 bits per heavy atom. The summed E-state index contributed by atoms with van der Waals surface area (Å²) in [4.78, 5) is 13.2. The number of carbonyl (C=O) groups excluding carboxylic acids is 1. The van der Waals surface area contributed by atoms with Crippen LogP contribution in [0, 0.1) is 5.92 Å². The summed E-state index contributed by atoms with van der Waals surface area (Å²) in [6, 6.07) is 0.459. The topological polar surface area (TPSA) is 57.2 Å². The molecule has 4 rings (SSSR count). The third-order valence-electron chi connectivity index (χ3n) is 7.41. The van der Waals surface area contributed by atoms with E-state index in [0.29, 0.717) is 24.2 Å². The largest absolute Gasteiger partial charge is 0.402 e. The molecule has 1 aliphatic heterocycles. The molecular weight excluding hydrogens is 372 g/mol. The number of nitrogens with zero attached hydrogens (tertiary/aromatic N) is 1. The summed E-state index contributed by atoms with van der Waals surface area (Å²) in [6.07, 6.45) is 13.5. The molecule has 1 aromatic heterocycles. The molecule has 0 bridgehead atoms. The summed E-state index contributed by atoms with van der Waals surface area (Å²) < 4.78 is 8.24. The molecule has 3 aliphatic rings. The van der Waals surface area contributed by atoms with Crippen LogP contribution in [0.4, 0.5) is 0 Å². The molecule has 0 spiro atoms. The Bertz CT molecular complexity index is 908. The van der Waals surface area contributed by atoms with Crippen LogP contribution in [-0.2, 0) is 9.53 Å². The number of carbonyl (C=O) groups is 1. The van der Waals surface area contributed by atoms with E-state index < -0.39 is 0 Å². The van der Waals surface area contributed by atoms with Crippen LogP contribution < -0.4 is 5.73 Å². The Labute approximate surface area is 180 Å². The molecular formula is C26H36N2O2. The standard InChI is InChI=1S/C26H36N2O2/c1-16(19(4)27)8-11-24(29)21-9-10-22-25-17(2)6-5-7-23(25)28(26(22)18(21)3)20-12-14-30-15-13-20/h5,7,9-10,17-18,20-21H,6,8,11-15,27H2,1-4H3/b19-16+/t17-,18?,21?/m1/s1. The molecule has 0 aromatic carbocycles. The van der Waals surface area contributed by atoms with Crippen molar-refractivity contribution in [3.63, 3.8) is 0 Å². The average molecular weight is 409 g/mol. The van der Waals surface area contributed by atoms with Gasteiger partial charge in [-0.05, 0) is 62.7 Å². The zero-order valence-corrected chi connectivity index (χ0v) is 18.9. The van der Waals surface area contributed by atoms with Gasteiger partial charge in [0, 0.05) is 54.6 Å². The highest BCUT2D eigenvalue weighted by Crippen LogP contribution is 2.47. The summed E-state index contributed by atoms with van der Waals surface area (Å²) >= 11 is 0. The molecule has 162 valence electrons. The molecule has 0 radical (unpaired) electrons. The Kier molecular flexibility index (Phi) is 6.06. The first-order valence-electron chi connectivity index (χ1n) is 11.5. The Morgan fingerprint density at radius 3 is 2.60 bits per heavy atom. The molecule has 2 unspecified atom stereocenters. The van der Waals surface area contributed by atoms with E-state index in [9.17, 15) is 4.79 Å². The lowest BCUT2D eigenvalue weighted by Gasteiger charge is -2.32. The number of fused-ring (bicyclic) bond motifs is 3. The molecule has 1 saturated heterocycles. The number of hydrogen-bond acceptors (Lipinski definition) is 3. The molecule has 0 saturated carbocycles. The van der Waals surface area contributed by atoms with Crippen molar-refractivity contribution >= 4 is 17.9 Å². The van der Waals surface area contributed by atoms with Crippen LogP contribution in [0.3, 0.4) is 0 Å². The third kappa shape index (κ3) is 3.71. The van der Waals surface area contributed by atoms with Gasteiger partial charge in [0.25, 0.3) is 0 Å². The van der Waals surface area contributed by atoms with E-state index in [1.807, 2.05) is 13.8 Å². The molecule has 4 heteroatoms. The maximum absolute atomic E-state index is 13.2. The molecule has 3 atom stereocenters. The molecule has 1 aromatic rings. The molecule has 2 N–H and O–H groups in total. The van der Waals surface area contributed by atoms with Crippen LogP contribution in [0.2, 0.25) is 0 Å². The number of rotatable bonds is 5. The van der Waals surface area contributed by atoms with Gasteiger partial charge in [0.15, 0.2) is 0 Å². The lowest BCUT2D eigenvalue weighted by atomic mass is 9.78. The number of ketones is 1. The number of nitrogens with two attached hydrogens (primary N) is 1. The molecule has 1 fully saturated rings. The predicted octanol–water partition coefficient (Wildman–Crippen LogP) is 5.71. The maximum Gasteiger partial charge on any atom is 0.140 e. The Hall–Kier alpha value is -2.07. The van der Waals surface area contributed by atoms with Gasteiger partial charge < -0.3 is 15.0 Å². The van der Waals surface area contributed by atoms with E-state index in [4.69, 9.17) is 10.5 Å². The van der Waals surface area contributed by atoms with E-state index in [2.05, 4.69) is 42.7 Å². The van der Waals surface area contributed by atoms with E-state index in [-0.39, 0.29) is 11.8 Å². The number of hydrogen-bond donors (Lipinski definition) is 1. The second kappa shape index (κ2) is 8.58. The SMILES string of the molecule is C/C(N)=C(/C)CCC(=O)C1C=Cc2c3c(n(C4CCOCC4)c2C1C)C=CC[C@H]3C. The first-order valence-corrected chi connectivity index (χ1v) is 11.5. The van der Waals surface area contributed by atoms with Crippen LogP contribution in [0.5, 0.6) is 0 Å². The summed E-state index contributed by atoms with van der Waals surface area (Å²) in [6.45, 7) is 10.2. The van der Waals surface area contributed by atoms with Gasteiger partial charge in [-0.1, -0.05) is 37.6 Å². The summed E-state index contributed by atoms with van der Waals surface area (Å²) in [7, 11) is 0. The maximum atomic E-state index is 13.2. The van der Waals surface area contributed by atoms with E-state index in [1.54, 1.807) is 0 Å². The average Bonchev–Trinajstić information content (AvgIpc) is 3.09. The van der Waals surface area contributed by atoms with Crippen LogP contribution in [0.25, 0.3) is 12.2 Å². The van der Waals surface area contributed by atoms with E-state index in [0.717, 1.165) is 50.2 Å². The number of Topliss-reactive ketones (excluding diaryl/α,β-unsaturated/α-hetero) is 1. The van der Waals surface area contributed by atoms with Gasteiger partial charge >= 0.3 is 0 Å². The molecule has 4 nitrogen and oxygen atoms in total. The predicted molar refractivity (Wildman–Crippen MR) is 123 cm³/mol. The van der Waals surface area contributed by atoms with Crippen LogP contribution in [0.1, 0.15) is 100 Å². The fraction of sp³-hybridized carbons (Fsp3) is 0.577.